The van der Waals surface area contributed by atoms with Crippen LogP contribution in [0.1, 0.15) is 29.4 Å². The molecule has 5 nitrogen and oxygen atoms in total. The Hall–Kier alpha value is -2.14. The quantitative estimate of drug-likeness (QED) is 0.939. The third-order valence-corrected chi connectivity index (χ3v) is 4.14. The molecule has 1 aromatic carbocycles. The Morgan fingerprint density at radius 2 is 2.14 bits per heavy atom. The summed E-state index contributed by atoms with van der Waals surface area (Å²) in [7, 11) is 1.68. The molecular formula is C17H21N3O2. The topological polar surface area (TPSA) is 58.2 Å². The second kappa shape index (κ2) is 6.32. The van der Waals surface area contributed by atoms with Crippen LogP contribution in [-0.2, 0) is 6.54 Å². The number of benzene rings is 1. The van der Waals surface area contributed by atoms with E-state index < -0.39 is 0 Å². The summed E-state index contributed by atoms with van der Waals surface area (Å²) in [5, 5.41) is 0. The number of nitrogens with one attached hydrogen (secondary N) is 1. The Bertz CT molecular complexity index is 694. The molecule has 1 saturated heterocycles. The summed E-state index contributed by atoms with van der Waals surface area (Å²) in [5.41, 5.74) is 2.13. The fraction of sp³-hybridized carbons (Fsp3) is 0.412. The molecule has 1 aliphatic heterocycles. The molecule has 0 spiro atoms. The Morgan fingerprint density at radius 1 is 1.36 bits per heavy atom. The molecule has 22 heavy (non-hydrogen) atoms. The number of ether oxygens (including phenoxy) is 1. The van der Waals surface area contributed by atoms with Gasteiger partial charge in [-0.1, -0.05) is 12.1 Å². The predicted octanol–water partition coefficient (Wildman–Crippen LogP) is 2.08. The van der Waals surface area contributed by atoms with Gasteiger partial charge in [0.25, 0.3) is 5.56 Å². The number of aromatic amines is 1. The molecule has 0 radical (unpaired) electrons. The zero-order valence-corrected chi connectivity index (χ0v) is 13.0. The SMILES string of the molecule is COc1ccc(CN2CCC(c3cc(=O)[nH]c(C)n3)C2)cc1. The molecule has 1 fully saturated rings. The normalized spacial score (nSPS) is 18.5. The summed E-state index contributed by atoms with van der Waals surface area (Å²) in [5.74, 6) is 1.92. The minimum absolute atomic E-state index is 0.0592. The van der Waals surface area contributed by atoms with Gasteiger partial charge in [-0.05, 0) is 37.6 Å². The van der Waals surface area contributed by atoms with E-state index >= 15 is 0 Å². The van der Waals surface area contributed by atoms with E-state index in [2.05, 4.69) is 27.0 Å². The number of hydrogen-bond acceptors (Lipinski definition) is 4. The van der Waals surface area contributed by atoms with E-state index in [-0.39, 0.29) is 5.56 Å². The van der Waals surface area contributed by atoms with Crippen molar-refractivity contribution < 1.29 is 4.74 Å². The summed E-state index contributed by atoms with van der Waals surface area (Å²) in [4.78, 5) is 21.2. The van der Waals surface area contributed by atoms with E-state index in [1.807, 2.05) is 19.1 Å². The standard InChI is InChI=1S/C17H21N3O2/c1-12-18-16(9-17(21)19-12)14-7-8-20(11-14)10-13-3-5-15(22-2)6-4-13/h3-6,9,14H,7-8,10-11H2,1-2H3,(H,18,19,21). The molecule has 5 heteroatoms. The summed E-state index contributed by atoms with van der Waals surface area (Å²) in [6, 6.07) is 9.81. The van der Waals surface area contributed by atoms with Gasteiger partial charge in [0.05, 0.1) is 12.8 Å². The summed E-state index contributed by atoms with van der Waals surface area (Å²) in [6.45, 7) is 4.73. The van der Waals surface area contributed by atoms with E-state index in [1.54, 1.807) is 13.2 Å². The molecule has 1 unspecified atom stereocenters. The number of aromatic nitrogens is 2. The van der Waals surface area contributed by atoms with Crippen molar-refractivity contribution in [1.82, 2.24) is 14.9 Å². The van der Waals surface area contributed by atoms with Crippen LogP contribution in [-0.4, -0.2) is 35.1 Å². The van der Waals surface area contributed by atoms with Gasteiger partial charge in [0.2, 0.25) is 0 Å². The lowest BCUT2D eigenvalue weighted by atomic mass is 10.0. The number of rotatable bonds is 4. The first-order chi connectivity index (χ1) is 10.6. The lowest BCUT2D eigenvalue weighted by molar-refractivity contribution is 0.326. The van der Waals surface area contributed by atoms with Gasteiger partial charge in [0.1, 0.15) is 11.6 Å². The fourth-order valence-corrected chi connectivity index (χ4v) is 3.02. The van der Waals surface area contributed by atoms with E-state index in [4.69, 9.17) is 4.74 Å². The third kappa shape index (κ3) is 3.36. The van der Waals surface area contributed by atoms with Gasteiger partial charge in [-0.25, -0.2) is 4.98 Å². The highest BCUT2D eigenvalue weighted by atomic mass is 16.5. The van der Waals surface area contributed by atoms with Crippen molar-refractivity contribution in [2.75, 3.05) is 20.2 Å². The molecular weight excluding hydrogens is 278 g/mol. The minimum Gasteiger partial charge on any atom is -0.497 e. The highest BCUT2D eigenvalue weighted by Crippen LogP contribution is 2.26. The first-order valence-corrected chi connectivity index (χ1v) is 7.57. The van der Waals surface area contributed by atoms with Crippen molar-refractivity contribution >= 4 is 0 Å². The van der Waals surface area contributed by atoms with E-state index in [0.717, 1.165) is 37.5 Å². The van der Waals surface area contributed by atoms with Crippen LogP contribution in [0.5, 0.6) is 5.75 Å². The molecule has 0 saturated carbocycles. The first-order valence-electron chi connectivity index (χ1n) is 7.57. The number of methoxy groups -OCH3 is 1. The van der Waals surface area contributed by atoms with Crippen LogP contribution in [0.25, 0.3) is 0 Å². The van der Waals surface area contributed by atoms with Gasteiger partial charge in [-0.15, -0.1) is 0 Å². The van der Waals surface area contributed by atoms with Gasteiger partial charge in [-0.2, -0.15) is 0 Å². The van der Waals surface area contributed by atoms with Crippen LogP contribution in [0.2, 0.25) is 0 Å². The lowest BCUT2D eigenvalue weighted by Gasteiger charge is -2.16. The molecule has 1 atom stereocenters. The van der Waals surface area contributed by atoms with Crippen molar-refractivity contribution in [2.45, 2.75) is 25.8 Å². The maximum Gasteiger partial charge on any atom is 0.251 e. The summed E-state index contributed by atoms with van der Waals surface area (Å²) < 4.78 is 5.18. The van der Waals surface area contributed by atoms with Gasteiger partial charge in [0.15, 0.2) is 0 Å². The maximum atomic E-state index is 11.6. The summed E-state index contributed by atoms with van der Waals surface area (Å²) >= 11 is 0. The Labute approximate surface area is 130 Å². The van der Waals surface area contributed by atoms with E-state index in [1.165, 1.54) is 5.56 Å². The van der Waals surface area contributed by atoms with Crippen LogP contribution in [0, 0.1) is 6.92 Å². The second-order valence-corrected chi connectivity index (χ2v) is 5.82. The Kier molecular flexibility index (Phi) is 4.24. The smallest absolute Gasteiger partial charge is 0.251 e. The monoisotopic (exact) mass is 299 g/mol. The third-order valence-electron chi connectivity index (χ3n) is 4.14. The van der Waals surface area contributed by atoms with Crippen molar-refractivity contribution in [3.8, 4) is 5.75 Å². The van der Waals surface area contributed by atoms with Crippen molar-refractivity contribution in [1.29, 1.82) is 0 Å². The molecule has 1 N–H and O–H groups in total. The fourth-order valence-electron chi connectivity index (χ4n) is 3.02. The van der Waals surface area contributed by atoms with Crippen LogP contribution < -0.4 is 10.3 Å². The van der Waals surface area contributed by atoms with E-state index in [0.29, 0.717) is 11.7 Å². The zero-order valence-electron chi connectivity index (χ0n) is 13.0. The molecule has 0 bridgehead atoms. The first kappa shape index (κ1) is 14.8. The summed E-state index contributed by atoms with van der Waals surface area (Å²) in [6.07, 6.45) is 1.05. The molecule has 2 heterocycles. The van der Waals surface area contributed by atoms with Gasteiger partial charge < -0.3 is 9.72 Å². The molecule has 116 valence electrons. The van der Waals surface area contributed by atoms with Gasteiger partial charge in [0, 0.05) is 25.1 Å². The average Bonchev–Trinajstić information content (AvgIpc) is 2.96. The number of nitrogens with zero attached hydrogens (tertiary/aromatic N) is 2. The highest BCUT2D eigenvalue weighted by Gasteiger charge is 2.25. The number of hydrogen-bond donors (Lipinski definition) is 1. The van der Waals surface area contributed by atoms with Crippen molar-refractivity contribution in [3.05, 3.63) is 57.8 Å². The zero-order chi connectivity index (χ0) is 15.5. The number of aryl methyl sites for hydroxylation is 1. The van der Waals surface area contributed by atoms with Crippen LogP contribution in [0.3, 0.4) is 0 Å². The molecule has 1 aromatic heterocycles. The number of likely N-dealkylation sites (tertiary alicyclic amines) is 1. The molecule has 0 amide bonds. The van der Waals surface area contributed by atoms with Gasteiger partial charge in [-0.3, -0.25) is 9.69 Å². The largest absolute Gasteiger partial charge is 0.497 e. The van der Waals surface area contributed by atoms with Crippen molar-refractivity contribution in [2.24, 2.45) is 0 Å². The van der Waals surface area contributed by atoms with Crippen LogP contribution >= 0.6 is 0 Å². The Balaban J connectivity index is 1.65. The minimum atomic E-state index is -0.0592. The molecule has 2 aromatic rings. The highest BCUT2D eigenvalue weighted by molar-refractivity contribution is 5.27. The predicted molar refractivity (Wildman–Crippen MR) is 85.2 cm³/mol. The Morgan fingerprint density at radius 3 is 2.82 bits per heavy atom. The maximum absolute atomic E-state index is 11.6. The molecule has 3 rings (SSSR count). The lowest BCUT2D eigenvalue weighted by Crippen LogP contribution is -2.20. The molecule has 1 aliphatic rings. The number of H-pyrrole nitrogens is 1. The van der Waals surface area contributed by atoms with E-state index in [9.17, 15) is 4.79 Å². The second-order valence-electron chi connectivity index (χ2n) is 5.82. The van der Waals surface area contributed by atoms with Crippen LogP contribution in [0.15, 0.2) is 35.1 Å². The average molecular weight is 299 g/mol. The van der Waals surface area contributed by atoms with Crippen molar-refractivity contribution in [3.63, 3.8) is 0 Å². The molecule has 0 aliphatic carbocycles. The van der Waals surface area contributed by atoms with Gasteiger partial charge >= 0.3 is 0 Å². The van der Waals surface area contributed by atoms with Crippen LogP contribution in [0.4, 0.5) is 0 Å².